The van der Waals surface area contributed by atoms with Crippen LogP contribution in [0.1, 0.15) is 105 Å². The van der Waals surface area contributed by atoms with Crippen molar-refractivity contribution in [3.05, 3.63) is 11.6 Å². The molecular formula is C33H56O6. The van der Waals surface area contributed by atoms with Gasteiger partial charge in [0.05, 0.1) is 12.7 Å². The van der Waals surface area contributed by atoms with E-state index in [2.05, 4.69) is 40.7 Å². The molecule has 0 aromatic carbocycles. The summed E-state index contributed by atoms with van der Waals surface area (Å²) in [5.74, 6) is 4.87. The lowest BCUT2D eigenvalue weighted by atomic mass is 9.47. The number of hydrogen-bond donors (Lipinski definition) is 4. The van der Waals surface area contributed by atoms with Crippen molar-refractivity contribution in [1.82, 2.24) is 0 Å². The second kappa shape index (κ2) is 11.6. The molecule has 0 radical (unpaired) electrons. The predicted octanol–water partition coefficient (Wildman–Crippen LogP) is 5.21. The zero-order valence-electron chi connectivity index (χ0n) is 25.1. The van der Waals surface area contributed by atoms with E-state index in [-0.39, 0.29) is 11.5 Å². The van der Waals surface area contributed by atoms with Gasteiger partial charge in [0, 0.05) is 0 Å². The molecule has 3 saturated carbocycles. The normalized spacial score (nSPS) is 48.7. The first-order valence-corrected chi connectivity index (χ1v) is 16.1. The van der Waals surface area contributed by atoms with Crippen molar-refractivity contribution in [2.45, 2.75) is 142 Å². The van der Waals surface area contributed by atoms with Crippen LogP contribution in [0, 0.1) is 46.3 Å². The van der Waals surface area contributed by atoms with Crippen LogP contribution in [0.2, 0.25) is 0 Å². The summed E-state index contributed by atoms with van der Waals surface area (Å²) in [6.07, 6.45) is 9.98. The number of aliphatic hydroxyl groups excluding tert-OH is 4. The minimum absolute atomic E-state index is 0.0984. The molecule has 224 valence electrons. The van der Waals surface area contributed by atoms with Crippen LogP contribution in [0.3, 0.4) is 0 Å². The Labute approximate surface area is 236 Å². The maximum Gasteiger partial charge on any atom is 0.186 e. The fourth-order valence-electron chi connectivity index (χ4n) is 10.1. The highest BCUT2D eigenvalue weighted by molar-refractivity contribution is 5.25. The molecule has 13 atom stereocenters. The van der Waals surface area contributed by atoms with Gasteiger partial charge in [0.1, 0.15) is 24.4 Å². The topological polar surface area (TPSA) is 99.4 Å². The minimum Gasteiger partial charge on any atom is -0.394 e. The molecule has 39 heavy (non-hydrogen) atoms. The average Bonchev–Trinajstić information content (AvgIpc) is 3.26. The number of ether oxygens (including phenoxy) is 2. The fraction of sp³-hybridized carbons (Fsp3) is 0.939. The van der Waals surface area contributed by atoms with Gasteiger partial charge in [-0.2, -0.15) is 0 Å². The Balaban J connectivity index is 1.24. The van der Waals surface area contributed by atoms with Gasteiger partial charge >= 0.3 is 0 Å². The summed E-state index contributed by atoms with van der Waals surface area (Å²) in [5, 5.41) is 40.3. The molecule has 5 rings (SSSR count). The van der Waals surface area contributed by atoms with E-state index in [1.54, 1.807) is 0 Å². The summed E-state index contributed by atoms with van der Waals surface area (Å²) in [7, 11) is 0. The van der Waals surface area contributed by atoms with Crippen LogP contribution in [-0.2, 0) is 9.47 Å². The first kappa shape index (κ1) is 30.0. The molecule has 6 nitrogen and oxygen atoms in total. The van der Waals surface area contributed by atoms with Crippen LogP contribution < -0.4 is 0 Å². The van der Waals surface area contributed by atoms with Gasteiger partial charge < -0.3 is 29.9 Å². The van der Waals surface area contributed by atoms with Gasteiger partial charge in [-0.3, -0.25) is 0 Å². The maximum atomic E-state index is 10.5. The van der Waals surface area contributed by atoms with E-state index in [9.17, 15) is 20.4 Å². The smallest absolute Gasteiger partial charge is 0.186 e. The number of allylic oxidation sites excluding steroid dienone is 1. The van der Waals surface area contributed by atoms with Crippen molar-refractivity contribution >= 4 is 0 Å². The molecule has 0 aromatic rings. The van der Waals surface area contributed by atoms with Crippen molar-refractivity contribution < 1.29 is 29.9 Å². The summed E-state index contributed by atoms with van der Waals surface area (Å²) >= 11 is 0. The Morgan fingerprint density at radius 2 is 1.72 bits per heavy atom. The summed E-state index contributed by atoms with van der Waals surface area (Å²) in [6, 6.07) is 0. The number of fused-ring (bicyclic) bond motifs is 5. The molecule has 4 aliphatic carbocycles. The van der Waals surface area contributed by atoms with Gasteiger partial charge in [-0.25, -0.2) is 0 Å². The molecule has 6 heteroatoms. The van der Waals surface area contributed by atoms with Crippen molar-refractivity contribution in [2.24, 2.45) is 46.3 Å². The molecule has 1 heterocycles. The summed E-state index contributed by atoms with van der Waals surface area (Å²) in [5.41, 5.74) is 2.20. The first-order valence-electron chi connectivity index (χ1n) is 16.1. The molecule has 0 spiro atoms. The molecule has 1 saturated heterocycles. The lowest BCUT2D eigenvalue weighted by Gasteiger charge is -2.58. The minimum atomic E-state index is -1.39. The van der Waals surface area contributed by atoms with E-state index >= 15 is 0 Å². The number of aliphatic hydroxyl groups is 4. The molecule has 1 aliphatic heterocycles. The average molecular weight is 549 g/mol. The van der Waals surface area contributed by atoms with Crippen molar-refractivity contribution in [2.75, 3.05) is 6.61 Å². The monoisotopic (exact) mass is 548 g/mol. The Bertz CT molecular complexity index is 872. The predicted molar refractivity (Wildman–Crippen MR) is 152 cm³/mol. The fourth-order valence-corrected chi connectivity index (χ4v) is 10.1. The second-order valence-electron chi connectivity index (χ2n) is 15.0. The quantitative estimate of drug-likeness (QED) is 0.311. The van der Waals surface area contributed by atoms with E-state index in [1.165, 1.54) is 56.9 Å². The zero-order valence-corrected chi connectivity index (χ0v) is 25.1. The van der Waals surface area contributed by atoms with Gasteiger partial charge in [-0.15, -0.1) is 0 Å². The second-order valence-corrected chi connectivity index (χ2v) is 15.0. The summed E-state index contributed by atoms with van der Waals surface area (Å²) in [6.45, 7) is 12.0. The largest absolute Gasteiger partial charge is 0.394 e. The molecule has 0 amide bonds. The highest BCUT2D eigenvalue weighted by Gasteiger charge is 2.59. The molecule has 0 aromatic heterocycles. The lowest BCUT2D eigenvalue weighted by molar-refractivity contribution is -0.313. The summed E-state index contributed by atoms with van der Waals surface area (Å²) < 4.78 is 11.9. The lowest BCUT2D eigenvalue weighted by Crippen LogP contribution is -2.60. The SMILES string of the molecule is CC(C)CCC[C@@H](C)[C@H]1CCC2C3CC=C4CC(O[C@H]5O[C@H](CO)[C@H](O)[C@H](O)[C@H]5O)CC[C@]4(C)C3CC[C@@]21C. The summed E-state index contributed by atoms with van der Waals surface area (Å²) in [4.78, 5) is 0. The molecule has 4 N–H and O–H groups in total. The third-order valence-corrected chi connectivity index (χ3v) is 12.4. The van der Waals surface area contributed by atoms with E-state index in [4.69, 9.17) is 9.47 Å². The Kier molecular flexibility index (Phi) is 8.95. The van der Waals surface area contributed by atoms with Crippen LogP contribution in [0.15, 0.2) is 11.6 Å². The van der Waals surface area contributed by atoms with Gasteiger partial charge in [0.25, 0.3) is 0 Å². The standard InChI is InChI=1S/C33H56O6/c1-19(2)7-6-8-20(3)24-11-12-25-23-10-9-21-17-22(13-15-32(21,4)26(23)14-16-33(24,25)5)38-31-30(37)29(36)28(35)27(18-34)39-31/h9,19-20,22-31,34-37H,6-8,10-18H2,1-5H3/t20-,22?,23?,24-,25?,26?,27-,28+,29+,30-,31+,32+,33-/m1/s1. The number of hydrogen-bond acceptors (Lipinski definition) is 6. The Morgan fingerprint density at radius 3 is 2.44 bits per heavy atom. The highest BCUT2D eigenvalue weighted by atomic mass is 16.7. The van der Waals surface area contributed by atoms with E-state index < -0.39 is 37.3 Å². The van der Waals surface area contributed by atoms with E-state index in [0.29, 0.717) is 5.41 Å². The van der Waals surface area contributed by atoms with Crippen LogP contribution >= 0.6 is 0 Å². The van der Waals surface area contributed by atoms with Crippen molar-refractivity contribution in [1.29, 1.82) is 0 Å². The van der Waals surface area contributed by atoms with Gasteiger partial charge in [0.2, 0.25) is 0 Å². The van der Waals surface area contributed by atoms with Crippen molar-refractivity contribution in [3.63, 3.8) is 0 Å². The first-order chi connectivity index (χ1) is 18.5. The molecule has 4 unspecified atom stereocenters. The molecule has 5 aliphatic rings. The molecule has 0 bridgehead atoms. The van der Waals surface area contributed by atoms with Crippen LogP contribution in [-0.4, -0.2) is 63.8 Å². The van der Waals surface area contributed by atoms with Crippen LogP contribution in [0.25, 0.3) is 0 Å². The van der Waals surface area contributed by atoms with Crippen LogP contribution in [0.4, 0.5) is 0 Å². The third kappa shape index (κ3) is 5.41. The third-order valence-electron chi connectivity index (χ3n) is 12.4. The van der Waals surface area contributed by atoms with Crippen LogP contribution in [0.5, 0.6) is 0 Å². The Morgan fingerprint density at radius 1 is 0.949 bits per heavy atom. The zero-order chi connectivity index (χ0) is 28.1. The molecular weight excluding hydrogens is 492 g/mol. The maximum absolute atomic E-state index is 10.5. The van der Waals surface area contributed by atoms with E-state index in [0.717, 1.165) is 54.8 Å². The van der Waals surface area contributed by atoms with Gasteiger partial charge in [-0.05, 0) is 97.7 Å². The van der Waals surface area contributed by atoms with Crippen molar-refractivity contribution in [3.8, 4) is 0 Å². The van der Waals surface area contributed by atoms with E-state index in [1.807, 2.05) is 0 Å². The Hall–Kier alpha value is -0.500. The number of rotatable bonds is 8. The molecule has 4 fully saturated rings. The van der Waals surface area contributed by atoms with Gasteiger partial charge in [-0.1, -0.05) is 65.5 Å². The highest BCUT2D eigenvalue weighted by Crippen LogP contribution is 2.67. The van der Waals surface area contributed by atoms with Gasteiger partial charge in [0.15, 0.2) is 6.29 Å².